The molecule has 4 rings (SSSR count). The second-order valence-corrected chi connectivity index (χ2v) is 6.81. The Hall–Kier alpha value is -2.61. The zero-order valence-electron chi connectivity index (χ0n) is 14.6. The molecule has 126 valence electrons. The van der Waals surface area contributed by atoms with Crippen LogP contribution in [0.4, 0.5) is 0 Å². The van der Waals surface area contributed by atoms with Crippen LogP contribution in [0.25, 0.3) is 32.6 Å². The number of fused-ring (bicyclic) bond motifs is 4. The summed E-state index contributed by atoms with van der Waals surface area (Å²) in [6.07, 6.45) is 5.97. The van der Waals surface area contributed by atoms with Gasteiger partial charge in [-0.05, 0) is 42.0 Å². The van der Waals surface area contributed by atoms with Gasteiger partial charge in [0.2, 0.25) is 0 Å². The Morgan fingerprint density at radius 2 is 1.52 bits per heavy atom. The first-order valence-corrected chi connectivity index (χ1v) is 9.25. The van der Waals surface area contributed by atoms with Crippen LogP contribution in [0.3, 0.4) is 0 Å². The van der Waals surface area contributed by atoms with E-state index in [0.717, 1.165) is 33.6 Å². The molecule has 0 unspecified atom stereocenters. The maximum atomic E-state index is 13.0. The number of rotatable bonds is 5. The molecule has 1 aromatic heterocycles. The van der Waals surface area contributed by atoms with Gasteiger partial charge in [-0.1, -0.05) is 62.6 Å². The molecular formula is C23H23NO. The fourth-order valence-electron chi connectivity index (χ4n) is 3.78. The second-order valence-electron chi connectivity index (χ2n) is 6.81. The number of aryl methyl sites for hydroxylation is 1. The van der Waals surface area contributed by atoms with Gasteiger partial charge in [-0.3, -0.25) is 4.79 Å². The van der Waals surface area contributed by atoms with Crippen LogP contribution in [0.2, 0.25) is 0 Å². The van der Waals surface area contributed by atoms with Crippen LogP contribution in [-0.4, -0.2) is 4.98 Å². The molecule has 25 heavy (non-hydrogen) atoms. The minimum absolute atomic E-state index is 0.130. The summed E-state index contributed by atoms with van der Waals surface area (Å²) in [5, 5.41) is 3.98. The van der Waals surface area contributed by atoms with Gasteiger partial charge in [0.15, 0.2) is 5.43 Å². The Bertz CT molecular complexity index is 1110. The summed E-state index contributed by atoms with van der Waals surface area (Å²) in [6, 6.07) is 18.3. The molecule has 0 aliphatic carbocycles. The van der Waals surface area contributed by atoms with Crippen LogP contribution >= 0.6 is 0 Å². The van der Waals surface area contributed by atoms with E-state index in [1.165, 1.54) is 36.6 Å². The molecule has 0 aliphatic heterocycles. The van der Waals surface area contributed by atoms with Gasteiger partial charge in [0.25, 0.3) is 0 Å². The van der Waals surface area contributed by atoms with Crippen molar-refractivity contribution in [2.24, 2.45) is 0 Å². The van der Waals surface area contributed by atoms with Crippen LogP contribution in [0.15, 0.2) is 59.4 Å². The van der Waals surface area contributed by atoms with E-state index < -0.39 is 0 Å². The molecule has 0 aliphatic rings. The van der Waals surface area contributed by atoms with Gasteiger partial charge in [0, 0.05) is 21.7 Å². The summed E-state index contributed by atoms with van der Waals surface area (Å²) >= 11 is 0. The summed E-state index contributed by atoms with van der Waals surface area (Å²) in [5.74, 6) is 0. The Labute approximate surface area is 147 Å². The van der Waals surface area contributed by atoms with Crippen molar-refractivity contribution >= 4 is 32.6 Å². The van der Waals surface area contributed by atoms with Crippen LogP contribution in [0.1, 0.15) is 38.2 Å². The van der Waals surface area contributed by atoms with Crippen molar-refractivity contribution in [2.75, 3.05) is 0 Å². The van der Waals surface area contributed by atoms with Crippen LogP contribution in [-0.2, 0) is 6.42 Å². The Balaban J connectivity index is 1.97. The molecule has 0 amide bonds. The van der Waals surface area contributed by atoms with Gasteiger partial charge in [-0.2, -0.15) is 0 Å². The van der Waals surface area contributed by atoms with E-state index in [4.69, 9.17) is 0 Å². The molecule has 3 aromatic carbocycles. The average molecular weight is 329 g/mol. The van der Waals surface area contributed by atoms with Crippen molar-refractivity contribution in [3.63, 3.8) is 0 Å². The first-order valence-electron chi connectivity index (χ1n) is 9.25. The molecule has 2 nitrogen and oxygen atoms in total. The predicted octanol–water partition coefficient (Wildman–Crippen LogP) is 5.96. The molecule has 0 fully saturated rings. The third-order valence-electron chi connectivity index (χ3n) is 5.11. The lowest BCUT2D eigenvalue weighted by atomic mass is 9.95. The third-order valence-corrected chi connectivity index (χ3v) is 5.11. The highest BCUT2D eigenvalue weighted by Crippen LogP contribution is 2.28. The Morgan fingerprint density at radius 1 is 0.800 bits per heavy atom. The zero-order chi connectivity index (χ0) is 17.2. The van der Waals surface area contributed by atoms with Crippen molar-refractivity contribution in [1.82, 2.24) is 4.98 Å². The number of unbranched alkanes of at least 4 members (excludes halogenated alkanes) is 3. The highest BCUT2D eigenvalue weighted by Gasteiger charge is 2.11. The molecule has 1 heterocycles. The third kappa shape index (κ3) is 2.82. The SMILES string of the molecule is CCCCCCc1cc2c(=O)c3ccccc3[nH]c2c2ccccc12. The van der Waals surface area contributed by atoms with Crippen molar-refractivity contribution < 1.29 is 0 Å². The second kappa shape index (κ2) is 6.72. The molecule has 4 aromatic rings. The highest BCUT2D eigenvalue weighted by molar-refractivity contribution is 6.09. The molecular weight excluding hydrogens is 306 g/mol. The number of nitrogens with one attached hydrogen (secondary N) is 1. The molecule has 0 atom stereocenters. The fraction of sp³-hybridized carbons (Fsp3) is 0.261. The lowest BCUT2D eigenvalue weighted by molar-refractivity contribution is 0.668. The summed E-state index contributed by atoms with van der Waals surface area (Å²) in [5.41, 5.74) is 3.28. The van der Waals surface area contributed by atoms with E-state index in [9.17, 15) is 4.79 Å². The quantitative estimate of drug-likeness (QED) is 0.273. The van der Waals surface area contributed by atoms with Crippen LogP contribution < -0.4 is 5.43 Å². The maximum absolute atomic E-state index is 13.0. The fourth-order valence-corrected chi connectivity index (χ4v) is 3.78. The summed E-state index contributed by atoms with van der Waals surface area (Å²) in [7, 11) is 0. The number of hydrogen-bond acceptors (Lipinski definition) is 1. The molecule has 2 heteroatoms. The lowest BCUT2D eigenvalue weighted by Crippen LogP contribution is -2.05. The van der Waals surface area contributed by atoms with Crippen LogP contribution in [0.5, 0.6) is 0 Å². The molecule has 0 saturated carbocycles. The largest absolute Gasteiger partial charge is 0.354 e. The number of hydrogen-bond donors (Lipinski definition) is 1. The number of pyridine rings is 1. The van der Waals surface area contributed by atoms with Gasteiger partial charge in [-0.25, -0.2) is 0 Å². The smallest absolute Gasteiger partial charge is 0.197 e. The van der Waals surface area contributed by atoms with Gasteiger partial charge in [-0.15, -0.1) is 0 Å². The van der Waals surface area contributed by atoms with Gasteiger partial charge in [0.05, 0.1) is 5.52 Å². The molecule has 0 spiro atoms. The van der Waals surface area contributed by atoms with Crippen LogP contribution in [0, 0.1) is 0 Å². The van der Waals surface area contributed by atoms with E-state index in [-0.39, 0.29) is 5.43 Å². The van der Waals surface area contributed by atoms with Gasteiger partial charge >= 0.3 is 0 Å². The minimum atomic E-state index is 0.130. The molecule has 0 radical (unpaired) electrons. The summed E-state index contributed by atoms with van der Waals surface area (Å²) < 4.78 is 0. The Morgan fingerprint density at radius 3 is 2.32 bits per heavy atom. The van der Waals surface area contributed by atoms with E-state index in [1.54, 1.807) is 0 Å². The predicted molar refractivity (Wildman–Crippen MR) is 107 cm³/mol. The number of para-hydroxylation sites is 1. The number of aromatic nitrogens is 1. The molecule has 0 saturated heterocycles. The van der Waals surface area contributed by atoms with Crippen molar-refractivity contribution in [2.45, 2.75) is 39.0 Å². The van der Waals surface area contributed by atoms with Gasteiger partial charge in [0.1, 0.15) is 0 Å². The standard InChI is InChI=1S/C23H23NO/c1-2-3-4-5-10-16-15-20-22(18-12-7-6-11-17(16)18)24-21-14-9-8-13-19(21)23(20)25/h6-9,11-15H,2-5,10H2,1H3,(H,24,25). The van der Waals surface area contributed by atoms with E-state index in [0.29, 0.717) is 0 Å². The number of aromatic amines is 1. The zero-order valence-corrected chi connectivity index (χ0v) is 14.6. The maximum Gasteiger partial charge on any atom is 0.197 e. The first kappa shape index (κ1) is 15.9. The summed E-state index contributed by atoms with van der Waals surface area (Å²) in [6.45, 7) is 2.23. The highest BCUT2D eigenvalue weighted by atomic mass is 16.1. The molecule has 0 bridgehead atoms. The monoisotopic (exact) mass is 329 g/mol. The van der Waals surface area contributed by atoms with Crippen molar-refractivity contribution in [1.29, 1.82) is 0 Å². The van der Waals surface area contributed by atoms with Gasteiger partial charge < -0.3 is 4.98 Å². The van der Waals surface area contributed by atoms with E-state index in [1.807, 2.05) is 24.3 Å². The van der Waals surface area contributed by atoms with Crippen molar-refractivity contribution in [3.05, 3.63) is 70.4 Å². The van der Waals surface area contributed by atoms with Crippen molar-refractivity contribution in [3.8, 4) is 0 Å². The molecule has 1 N–H and O–H groups in total. The first-order chi connectivity index (χ1) is 12.3. The average Bonchev–Trinajstić information content (AvgIpc) is 2.66. The number of benzene rings is 3. The normalized spacial score (nSPS) is 11.6. The lowest BCUT2D eigenvalue weighted by Gasteiger charge is -2.11. The van der Waals surface area contributed by atoms with E-state index in [2.05, 4.69) is 42.2 Å². The number of H-pyrrole nitrogens is 1. The minimum Gasteiger partial charge on any atom is -0.354 e. The summed E-state index contributed by atoms with van der Waals surface area (Å²) in [4.78, 5) is 16.5. The topological polar surface area (TPSA) is 32.9 Å². The van der Waals surface area contributed by atoms with E-state index >= 15 is 0 Å². The Kier molecular flexibility index (Phi) is 4.27.